The highest BCUT2D eigenvalue weighted by Crippen LogP contribution is 2.12. The first-order valence-electron chi connectivity index (χ1n) is 6.32. The Morgan fingerprint density at radius 2 is 2.11 bits per heavy atom. The second-order valence-corrected chi connectivity index (χ2v) is 6.47. The molecule has 1 heterocycles. The molecule has 0 saturated carbocycles. The fraction of sp³-hybridized carbons (Fsp3) is 0.462. The molecule has 1 unspecified atom stereocenters. The second kappa shape index (κ2) is 6.15. The third-order valence-electron chi connectivity index (χ3n) is 3.25. The Morgan fingerprint density at radius 3 is 2.68 bits per heavy atom. The number of benzene rings is 1. The third-order valence-corrected chi connectivity index (χ3v) is 4.69. The van der Waals surface area contributed by atoms with Gasteiger partial charge >= 0.3 is 0 Å². The van der Waals surface area contributed by atoms with Crippen molar-refractivity contribution in [1.29, 1.82) is 5.26 Å². The number of rotatable bonds is 4. The van der Waals surface area contributed by atoms with Crippen molar-refractivity contribution < 1.29 is 8.42 Å². The van der Waals surface area contributed by atoms with Crippen LogP contribution < -0.4 is 10.0 Å². The van der Waals surface area contributed by atoms with Gasteiger partial charge in [-0.3, -0.25) is 0 Å². The van der Waals surface area contributed by atoms with E-state index in [1.54, 1.807) is 0 Å². The van der Waals surface area contributed by atoms with Crippen LogP contribution in [0.4, 0.5) is 0 Å². The van der Waals surface area contributed by atoms with Crippen molar-refractivity contribution in [3.8, 4) is 6.07 Å². The molecule has 1 saturated heterocycles. The molecule has 1 aromatic rings. The van der Waals surface area contributed by atoms with E-state index in [9.17, 15) is 8.42 Å². The lowest BCUT2D eigenvalue weighted by atomic mass is 10.0. The van der Waals surface area contributed by atoms with Gasteiger partial charge in [-0.1, -0.05) is 0 Å². The quantitative estimate of drug-likeness (QED) is 0.855. The predicted molar refractivity (Wildman–Crippen MR) is 71.9 cm³/mol. The van der Waals surface area contributed by atoms with Crippen LogP contribution in [-0.2, 0) is 10.0 Å². The molecular formula is C13H17N3O2S. The van der Waals surface area contributed by atoms with Gasteiger partial charge in [-0.15, -0.1) is 0 Å². The van der Waals surface area contributed by atoms with Gasteiger partial charge in [-0.2, -0.15) is 5.26 Å². The Labute approximate surface area is 113 Å². The summed E-state index contributed by atoms with van der Waals surface area (Å²) in [7, 11) is -3.47. The van der Waals surface area contributed by atoms with E-state index in [0.29, 0.717) is 18.0 Å². The molecule has 19 heavy (non-hydrogen) atoms. The van der Waals surface area contributed by atoms with Crippen molar-refractivity contribution in [2.24, 2.45) is 5.92 Å². The largest absolute Gasteiger partial charge is 0.316 e. The summed E-state index contributed by atoms with van der Waals surface area (Å²) in [5.41, 5.74) is 0.454. The number of hydrogen-bond donors (Lipinski definition) is 2. The fourth-order valence-corrected chi connectivity index (χ4v) is 3.23. The average Bonchev–Trinajstić information content (AvgIpc) is 2.46. The van der Waals surface area contributed by atoms with Crippen LogP contribution in [-0.4, -0.2) is 28.1 Å². The highest BCUT2D eigenvalue weighted by molar-refractivity contribution is 7.89. The van der Waals surface area contributed by atoms with Crippen LogP contribution in [0.15, 0.2) is 29.2 Å². The SMILES string of the molecule is N#Cc1ccc(S(=O)(=O)NCC2CCCNC2)cc1. The second-order valence-electron chi connectivity index (χ2n) is 4.70. The molecule has 0 aromatic heterocycles. The summed E-state index contributed by atoms with van der Waals surface area (Å²) in [6, 6.07) is 7.90. The van der Waals surface area contributed by atoms with Gasteiger partial charge in [0.2, 0.25) is 10.0 Å². The summed E-state index contributed by atoms with van der Waals surface area (Å²) >= 11 is 0. The lowest BCUT2D eigenvalue weighted by molar-refractivity contribution is 0.376. The normalized spacial score (nSPS) is 19.8. The summed E-state index contributed by atoms with van der Waals surface area (Å²) in [6.45, 7) is 2.32. The molecule has 0 amide bonds. The minimum atomic E-state index is -3.47. The molecule has 5 nitrogen and oxygen atoms in total. The maximum absolute atomic E-state index is 12.1. The highest BCUT2D eigenvalue weighted by atomic mass is 32.2. The number of nitrogens with one attached hydrogen (secondary N) is 2. The van der Waals surface area contributed by atoms with E-state index < -0.39 is 10.0 Å². The minimum absolute atomic E-state index is 0.204. The number of nitrogens with zero attached hydrogens (tertiary/aromatic N) is 1. The molecule has 102 valence electrons. The van der Waals surface area contributed by atoms with Crippen molar-refractivity contribution in [3.05, 3.63) is 29.8 Å². The van der Waals surface area contributed by atoms with Crippen molar-refractivity contribution in [1.82, 2.24) is 10.0 Å². The third kappa shape index (κ3) is 3.77. The maximum Gasteiger partial charge on any atom is 0.240 e. The van der Waals surface area contributed by atoms with E-state index in [2.05, 4.69) is 10.0 Å². The molecule has 1 aliphatic rings. The Bertz CT molecular complexity index is 555. The summed E-state index contributed by atoms with van der Waals surface area (Å²) < 4.78 is 26.8. The number of sulfonamides is 1. The van der Waals surface area contributed by atoms with Crippen LogP contribution in [0.5, 0.6) is 0 Å². The van der Waals surface area contributed by atoms with Crippen LogP contribution in [0.1, 0.15) is 18.4 Å². The van der Waals surface area contributed by atoms with E-state index in [-0.39, 0.29) is 4.90 Å². The zero-order valence-electron chi connectivity index (χ0n) is 10.6. The Hall–Kier alpha value is -1.42. The first kappa shape index (κ1) is 14.0. The number of hydrogen-bond acceptors (Lipinski definition) is 4. The van der Waals surface area contributed by atoms with Gasteiger partial charge in [-0.25, -0.2) is 13.1 Å². The van der Waals surface area contributed by atoms with Gasteiger partial charge < -0.3 is 5.32 Å². The highest BCUT2D eigenvalue weighted by Gasteiger charge is 2.18. The predicted octanol–water partition coefficient (Wildman–Crippen LogP) is 0.836. The van der Waals surface area contributed by atoms with E-state index >= 15 is 0 Å². The topological polar surface area (TPSA) is 82.0 Å². The van der Waals surface area contributed by atoms with Crippen LogP contribution in [0.3, 0.4) is 0 Å². The fourth-order valence-electron chi connectivity index (χ4n) is 2.12. The smallest absolute Gasteiger partial charge is 0.240 e. The van der Waals surface area contributed by atoms with Crippen LogP contribution in [0.2, 0.25) is 0 Å². The first-order valence-corrected chi connectivity index (χ1v) is 7.81. The Morgan fingerprint density at radius 1 is 1.37 bits per heavy atom. The molecule has 1 fully saturated rings. The number of piperidine rings is 1. The van der Waals surface area contributed by atoms with Gasteiger partial charge in [0.1, 0.15) is 0 Å². The van der Waals surface area contributed by atoms with Crippen LogP contribution in [0, 0.1) is 17.2 Å². The zero-order valence-corrected chi connectivity index (χ0v) is 11.4. The van der Waals surface area contributed by atoms with Crippen molar-refractivity contribution in [3.63, 3.8) is 0 Å². The first-order chi connectivity index (χ1) is 9.12. The van der Waals surface area contributed by atoms with E-state index in [4.69, 9.17) is 5.26 Å². The summed E-state index contributed by atoms with van der Waals surface area (Å²) in [5.74, 6) is 0.349. The summed E-state index contributed by atoms with van der Waals surface area (Å²) in [5, 5.41) is 11.9. The molecule has 2 rings (SSSR count). The molecule has 0 bridgehead atoms. The standard InChI is InChI=1S/C13H17N3O2S/c14-8-11-3-5-13(6-4-11)19(17,18)16-10-12-2-1-7-15-9-12/h3-6,12,15-16H,1-2,7,9-10H2. The van der Waals surface area contributed by atoms with Gasteiger partial charge in [0, 0.05) is 6.54 Å². The molecule has 6 heteroatoms. The molecule has 1 aromatic carbocycles. The molecule has 2 N–H and O–H groups in total. The monoisotopic (exact) mass is 279 g/mol. The number of nitriles is 1. The lowest BCUT2D eigenvalue weighted by Gasteiger charge is -2.22. The minimum Gasteiger partial charge on any atom is -0.316 e. The summed E-state index contributed by atoms with van der Waals surface area (Å²) in [6.07, 6.45) is 2.13. The maximum atomic E-state index is 12.1. The molecular weight excluding hydrogens is 262 g/mol. The summed E-state index contributed by atoms with van der Waals surface area (Å²) in [4.78, 5) is 0.204. The van der Waals surface area contributed by atoms with Crippen molar-refractivity contribution in [2.45, 2.75) is 17.7 Å². The zero-order chi connectivity index (χ0) is 13.7. The van der Waals surface area contributed by atoms with Gasteiger partial charge in [0.25, 0.3) is 0 Å². The van der Waals surface area contributed by atoms with Crippen molar-refractivity contribution >= 4 is 10.0 Å². The van der Waals surface area contributed by atoms with E-state index in [1.807, 2.05) is 6.07 Å². The Balaban J connectivity index is 1.99. The van der Waals surface area contributed by atoms with Crippen LogP contribution >= 0.6 is 0 Å². The van der Waals surface area contributed by atoms with E-state index in [0.717, 1.165) is 25.9 Å². The molecule has 1 aliphatic heterocycles. The van der Waals surface area contributed by atoms with Gasteiger partial charge in [-0.05, 0) is 56.1 Å². The van der Waals surface area contributed by atoms with Crippen molar-refractivity contribution in [2.75, 3.05) is 19.6 Å². The van der Waals surface area contributed by atoms with Gasteiger partial charge in [0.15, 0.2) is 0 Å². The Kier molecular flexibility index (Phi) is 4.53. The van der Waals surface area contributed by atoms with Gasteiger partial charge in [0.05, 0.1) is 16.5 Å². The van der Waals surface area contributed by atoms with E-state index in [1.165, 1.54) is 24.3 Å². The van der Waals surface area contributed by atoms with Crippen LogP contribution in [0.25, 0.3) is 0 Å². The molecule has 1 atom stereocenters. The molecule has 0 aliphatic carbocycles. The average molecular weight is 279 g/mol. The lowest BCUT2D eigenvalue weighted by Crippen LogP contribution is -2.38. The molecule has 0 radical (unpaired) electrons. The molecule has 0 spiro atoms.